The van der Waals surface area contributed by atoms with Crippen molar-refractivity contribution in [3.63, 3.8) is 0 Å². The van der Waals surface area contributed by atoms with Gasteiger partial charge in [-0.05, 0) is 43.1 Å². The fourth-order valence-electron chi connectivity index (χ4n) is 3.20. The van der Waals surface area contributed by atoms with Crippen LogP contribution in [0.25, 0.3) is 0 Å². The van der Waals surface area contributed by atoms with Crippen LogP contribution in [-0.2, 0) is 18.9 Å². The van der Waals surface area contributed by atoms with Crippen LogP contribution >= 0.6 is 0 Å². The monoisotopic (exact) mass is 490 g/mol. The Hall–Kier alpha value is -2.30. The molecule has 0 aliphatic carbocycles. The number of hydrogen-bond donors (Lipinski definition) is 2. The first-order valence-electron chi connectivity index (χ1n) is 12.4. The summed E-state index contributed by atoms with van der Waals surface area (Å²) in [6.07, 6.45) is 4.00. The summed E-state index contributed by atoms with van der Waals surface area (Å²) in [5.74, 6) is 0.333. The Morgan fingerprint density at radius 1 is 0.829 bits per heavy atom. The third-order valence-electron chi connectivity index (χ3n) is 5.48. The predicted octanol–water partition coefficient (Wildman–Crippen LogP) is 2.63. The molecule has 1 aromatic heterocycles. The highest BCUT2D eigenvalue weighted by molar-refractivity contribution is 5.94. The molecule has 1 amide bonds. The zero-order chi connectivity index (χ0) is 25.3. The standard InChI is InChI=1S/C26H42N4O5/c1-21(2)25-19-29-30(20-25)22(3)23-5-7-24(8-6-23)26(31)28-10-12-33-14-16-35-18-17-34-15-13-32-11-9-27-4/h5-8,19-22,27H,9-18H2,1-4H3,(H,28,31). The molecular formula is C26H42N4O5. The summed E-state index contributed by atoms with van der Waals surface area (Å²) in [4.78, 5) is 12.4. The molecule has 2 rings (SSSR count). The SMILES string of the molecule is CNCCOCCOCCOCCOCCNC(=O)c1ccc(C(C)n2cc(C(C)C)cn2)cc1. The Kier molecular flexibility index (Phi) is 14.2. The summed E-state index contributed by atoms with van der Waals surface area (Å²) in [5.41, 5.74) is 2.94. The molecule has 0 fully saturated rings. The van der Waals surface area contributed by atoms with Gasteiger partial charge in [-0.3, -0.25) is 9.48 Å². The maximum Gasteiger partial charge on any atom is 0.251 e. The number of hydrogen-bond acceptors (Lipinski definition) is 7. The normalized spacial score (nSPS) is 12.3. The molecule has 1 aromatic carbocycles. The molecule has 0 saturated carbocycles. The van der Waals surface area contributed by atoms with E-state index in [1.54, 1.807) is 0 Å². The van der Waals surface area contributed by atoms with E-state index in [1.807, 2.05) is 42.2 Å². The first kappa shape index (κ1) is 28.9. The van der Waals surface area contributed by atoms with E-state index in [0.29, 0.717) is 70.9 Å². The Bertz CT molecular complexity index is 825. The zero-order valence-electron chi connectivity index (χ0n) is 21.6. The van der Waals surface area contributed by atoms with Gasteiger partial charge < -0.3 is 29.6 Å². The molecule has 35 heavy (non-hydrogen) atoms. The minimum Gasteiger partial charge on any atom is -0.378 e. The van der Waals surface area contributed by atoms with E-state index in [-0.39, 0.29) is 11.9 Å². The van der Waals surface area contributed by atoms with Crippen molar-refractivity contribution in [2.45, 2.75) is 32.7 Å². The lowest BCUT2D eigenvalue weighted by Crippen LogP contribution is -2.27. The average molecular weight is 491 g/mol. The van der Waals surface area contributed by atoms with Crippen LogP contribution in [0.4, 0.5) is 0 Å². The highest BCUT2D eigenvalue weighted by Crippen LogP contribution is 2.20. The number of ether oxygens (including phenoxy) is 4. The molecule has 2 N–H and O–H groups in total. The number of rotatable bonds is 19. The van der Waals surface area contributed by atoms with E-state index in [2.05, 4.69) is 42.7 Å². The van der Waals surface area contributed by atoms with Crippen LogP contribution in [0.2, 0.25) is 0 Å². The molecule has 1 atom stereocenters. The maximum absolute atomic E-state index is 12.4. The number of benzene rings is 1. The first-order chi connectivity index (χ1) is 17.0. The molecule has 2 aromatic rings. The second kappa shape index (κ2) is 17.2. The molecule has 196 valence electrons. The molecule has 0 aliphatic rings. The quantitative estimate of drug-likeness (QED) is 0.292. The molecule has 9 nitrogen and oxygen atoms in total. The van der Waals surface area contributed by atoms with Gasteiger partial charge in [0.15, 0.2) is 0 Å². The first-order valence-corrected chi connectivity index (χ1v) is 12.4. The third-order valence-corrected chi connectivity index (χ3v) is 5.48. The van der Waals surface area contributed by atoms with Crippen molar-refractivity contribution < 1.29 is 23.7 Å². The van der Waals surface area contributed by atoms with Gasteiger partial charge >= 0.3 is 0 Å². The number of carbonyl (C=O) groups excluding carboxylic acids is 1. The summed E-state index contributed by atoms with van der Waals surface area (Å²) in [5, 5.41) is 10.4. The summed E-state index contributed by atoms with van der Waals surface area (Å²) in [7, 11) is 1.89. The van der Waals surface area contributed by atoms with Gasteiger partial charge in [-0.15, -0.1) is 0 Å². The molecular weight excluding hydrogens is 448 g/mol. The van der Waals surface area contributed by atoms with Crippen molar-refractivity contribution in [1.82, 2.24) is 20.4 Å². The molecule has 0 radical (unpaired) electrons. The number of aromatic nitrogens is 2. The van der Waals surface area contributed by atoms with Gasteiger partial charge in [0.25, 0.3) is 5.91 Å². The minimum absolute atomic E-state index is 0.101. The molecule has 0 spiro atoms. The number of carbonyl (C=O) groups is 1. The third kappa shape index (κ3) is 11.3. The van der Waals surface area contributed by atoms with E-state index < -0.39 is 0 Å². The molecule has 0 aliphatic heterocycles. The fraction of sp³-hybridized carbons (Fsp3) is 0.615. The fourth-order valence-corrected chi connectivity index (χ4v) is 3.20. The van der Waals surface area contributed by atoms with Crippen molar-refractivity contribution in [1.29, 1.82) is 0 Å². The van der Waals surface area contributed by atoms with Crippen molar-refractivity contribution in [3.05, 3.63) is 53.3 Å². The van der Waals surface area contributed by atoms with Crippen LogP contribution < -0.4 is 10.6 Å². The van der Waals surface area contributed by atoms with Crippen molar-refractivity contribution >= 4 is 5.91 Å². The highest BCUT2D eigenvalue weighted by atomic mass is 16.6. The number of nitrogens with zero attached hydrogens (tertiary/aromatic N) is 2. The Balaban J connectivity index is 1.51. The van der Waals surface area contributed by atoms with Gasteiger partial charge in [0.05, 0.1) is 65.1 Å². The zero-order valence-corrected chi connectivity index (χ0v) is 21.6. The second-order valence-corrected chi connectivity index (χ2v) is 8.52. The predicted molar refractivity (Wildman–Crippen MR) is 136 cm³/mol. The summed E-state index contributed by atoms with van der Waals surface area (Å²) >= 11 is 0. The van der Waals surface area contributed by atoms with Crippen LogP contribution in [0, 0.1) is 0 Å². The van der Waals surface area contributed by atoms with Gasteiger partial charge in [-0.1, -0.05) is 26.0 Å². The average Bonchev–Trinajstić information content (AvgIpc) is 3.37. The lowest BCUT2D eigenvalue weighted by molar-refractivity contribution is -0.000942. The summed E-state index contributed by atoms with van der Waals surface area (Å²) in [6.45, 7) is 12.0. The van der Waals surface area contributed by atoms with Crippen LogP contribution in [0.3, 0.4) is 0 Å². The Labute approximate surface area is 209 Å². The minimum atomic E-state index is -0.114. The smallest absolute Gasteiger partial charge is 0.251 e. The molecule has 1 unspecified atom stereocenters. The lowest BCUT2D eigenvalue weighted by atomic mass is 10.1. The van der Waals surface area contributed by atoms with Crippen molar-refractivity contribution in [3.8, 4) is 0 Å². The Morgan fingerprint density at radius 2 is 1.37 bits per heavy atom. The van der Waals surface area contributed by atoms with Gasteiger partial charge in [0.1, 0.15) is 0 Å². The van der Waals surface area contributed by atoms with E-state index in [0.717, 1.165) is 12.1 Å². The van der Waals surface area contributed by atoms with Gasteiger partial charge in [0, 0.05) is 24.8 Å². The van der Waals surface area contributed by atoms with E-state index in [9.17, 15) is 4.79 Å². The van der Waals surface area contributed by atoms with Crippen molar-refractivity contribution in [2.75, 3.05) is 73.0 Å². The highest BCUT2D eigenvalue weighted by Gasteiger charge is 2.12. The molecule has 9 heteroatoms. The summed E-state index contributed by atoms with van der Waals surface area (Å²) < 4.78 is 23.7. The van der Waals surface area contributed by atoms with Crippen LogP contribution in [-0.4, -0.2) is 88.7 Å². The van der Waals surface area contributed by atoms with Gasteiger partial charge in [0.2, 0.25) is 0 Å². The van der Waals surface area contributed by atoms with Crippen LogP contribution in [0.1, 0.15) is 54.2 Å². The Morgan fingerprint density at radius 3 is 1.89 bits per heavy atom. The van der Waals surface area contributed by atoms with E-state index in [4.69, 9.17) is 18.9 Å². The second-order valence-electron chi connectivity index (χ2n) is 8.52. The molecule has 0 saturated heterocycles. The summed E-state index contributed by atoms with van der Waals surface area (Å²) in [6, 6.07) is 7.75. The largest absolute Gasteiger partial charge is 0.378 e. The number of nitrogens with one attached hydrogen (secondary N) is 2. The van der Waals surface area contributed by atoms with Gasteiger partial charge in [-0.25, -0.2) is 0 Å². The molecule has 0 bridgehead atoms. The molecule has 1 heterocycles. The van der Waals surface area contributed by atoms with E-state index in [1.165, 1.54) is 5.56 Å². The van der Waals surface area contributed by atoms with E-state index >= 15 is 0 Å². The number of amides is 1. The lowest BCUT2D eigenvalue weighted by Gasteiger charge is -2.13. The van der Waals surface area contributed by atoms with Crippen LogP contribution in [0.15, 0.2) is 36.7 Å². The topological polar surface area (TPSA) is 95.9 Å². The number of likely N-dealkylation sites (N-methyl/N-ethyl adjacent to an activating group) is 1. The maximum atomic E-state index is 12.4. The van der Waals surface area contributed by atoms with Crippen LogP contribution in [0.5, 0.6) is 0 Å². The van der Waals surface area contributed by atoms with Gasteiger partial charge in [-0.2, -0.15) is 5.10 Å². The van der Waals surface area contributed by atoms with Crippen molar-refractivity contribution in [2.24, 2.45) is 0 Å².